The first-order chi connectivity index (χ1) is 9.65. The van der Waals surface area contributed by atoms with Crippen molar-refractivity contribution in [3.8, 4) is 5.75 Å². The number of hydrogen-bond acceptors (Lipinski definition) is 3. The Hall–Kier alpha value is -2.13. The Morgan fingerprint density at radius 1 is 1.35 bits per heavy atom. The van der Waals surface area contributed by atoms with E-state index in [0.29, 0.717) is 12.0 Å². The minimum absolute atomic E-state index is 0.0481. The van der Waals surface area contributed by atoms with Crippen LogP contribution in [0.5, 0.6) is 5.75 Å². The van der Waals surface area contributed by atoms with Crippen molar-refractivity contribution in [2.24, 2.45) is 0 Å². The third-order valence-electron chi connectivity index (χ3n) is 3.07. The number of rotatable bonds is 8. The van der Waals surface area contributed by atoms with E-state index < -0.39 is 0 Å². The fourth-order valence-electron chi connectivity index (χ4n) is 1.89. The molecular formula is C17H21NO2. The molecule has 0 radical (unpaired) electrons. The number of benzene rings is 1. The predicted molar refractivity (Wildman–Crippen MR) is 83.3 cm³/mol. The van der Waals surface area contributed by atoms with E-state index in [9.17, 15) is 4.79 Å². The van der Waals surface area contributed by atoms with Gasteiger partial charge in [0.1, 0.15) is 5.75 Å². The van der Waals surface area contributed by atoms with E-state index in [0.717, 1.165) is 11.3 Å². The van der Waals surface area contributed by atoms with Crippen LogP contribution in [0.4, 0.5) is 0 Å². The Morgan fingerprint density at radius 2 is 2.00 bits per heavy atom. The molecule has 1 aromatic rings. The zero-order valence-corrected chi connectivity index (χ0v) is 12.1. The standard InChI is InChI=1S/C17H21NO2/c1-5-7-13(6-2)12-16(18-3)17(19)14-8-10-15(20-4)11-9-14/h5-11,16,18H,1-2,12H2,3-4H3/b13-7+. The Balaban J connectivity index is 2.87. The number of carbonyl (C=O) groups is 1. The van der Waals surface area contributed by atoms with E-state index in [-0.39, 0.29) is 11.8 Å². The van der Waals surface area contributed by atoms with Gasteiger partial charge in [-0.05, 0) is 43.3 Å². The van der Waals surface area contributed by atoms with Crippen LogP contribution in [-0.4, -0.2) is 26.0 Å². The highest BCUT2D eigenvalue weighted by molar-refractivity contribution is 6.00. The first kappa shape index (κ1) is 15.9. The first-order valence-electron chi connectivity index (χ1n) is 6.45. The second-order valence-electron chi connectivity index (χ2n) is 4.32. The van der Waals surface area contributed by atoms with Gasteiger partial charge in [0.05, 0.1) is 13.2 Å². The van der Waals surface area contributed by atoms with Gasteiger partial charge < -0.3 is 10.1 Å². The van der Waals surface area contributed by atoms with Crippen LogP contribution >= 0.6 is 0 Å². The molecule has 0 spiro atoms. The lowest BCUT2D eigenvalue weighted by Gasteiger charge is -2.15. The number of ether oxygens (including phenoxy) is 1. The average Bonchev–Trinajstić information content (AvgIpc) is 2.50. The van der Waals surface area contributed by atoms with E-state index in [4.69, 9.17) is 4.74 Å². The maximum Gasteiger partial charge on any atom is 0.180 e. The smallest absolute Gasteiger partial charge is 0.180 e. The zero-order valence-electron chi connectivity index (χ0n) is 12.1. The molecule has 0 saturated heterocycles. The number of nitrogens with one attached hydrogen (secondary N) is 1. The number of Topliss-reactive ketones (excluding diaryl/α,β-unsaturated/α-hetero) is 1. The highest BCUT2D eigenvalue weighted by atomic mass is 16.5. The monoisotopic (exact) mass is 271 g/mol. The molecule has 0 aliphatic heterocycles. The molecule has 20 heavy (non-hydrogen) atoms. The lowest BCUT2D eigenvalue weighted by atomic mass is 9.97. The van der Waals surface area contributed by atoms with Crippen molar-refractivity contribution in [3.63, 3.8) is 0 Å². The summed E-state index contributed by atoms with van der Waals surface area (Å²) in [5, 5.41) is 3.05. The molecule has 0 heterocycles. The summed E-state index contributed by atoms with van der Waals surface area (Å²) in [5.74, 6) is 0.785. The van der Waals surface area contributed by atoms with Crippen molar-refractivity contribution in [3.05, 3.63) is 66.8 Å². The van der Waals surface area contributed by atoms with Crippen molar-refractivity contribution in [1.82, 2.24) is 5.32 Å². The minimum atomic E-state index is -0.285. The number of carbonyl (C=O) groups excluding carboxylic acids is 1. The molecule has 3 nitrogen and oxygen atoms in total. The van der Waals surface area contributed by atoms with Crippen molar-refractivity contribution in [1.29, 1.82) is 0 Å². The number of allylic oxidation sites excluding steroid dienone is 3. The quantitative estimate of drug-likeness (QED) is 0.583. The van der Waals surface area contributed by atoms with Crippen molar-refractivity contribution < 1.29 is 9.53 Å². The van der Waals surface area contributed by atoms with Gasteiger partial charge in [-0.15, -0.1) is 0 Å². The maximum atomic E-state index is 12.4. The third kappa shape index (κ3) is 4.21. The molecule has 0 fully saturated rings. The van der Waals surface area contributed by atoms with E-state index in [1.165, 1.54) is 0 Å². The van der Waals surface area contributed by atoms with Gasteiger partial charge >= 0.3 is 0 Å². The molecule has 1 rings (SSSR count). The lowest BCUT2D eigenvalue weighted by Crippen LogP contribution is -2.34. The van der Waals surface area contributed by atoms with Gasteiger partial charge in [-0.1, -0.05) is 31.4 Å². The van der Waals surface area contributed by atoms with Gasteiger partial charge in [0.15, 0.2) is 5.78 Å². The van der Waals surface area contributed by atoms with Gasteiger partial charge in [0, 0.05) is 5.56 Å². The van der Waals surface area contributed by atoms with Crippen LogP contribution in [-0.2, 0) is 0 Å². The van der Waals surface area contributed by atoms with E-state index >= 15 is 0 Å². The molecule has 3 heteroatoms. The zero-order chi connectivity index (χ0) is 15.0. The van der Waals surface area contributed by atoms with Crippen LogP contribution in [0, 0.1) is 0 Å². The van der Waals surface area contributed by atoms with Crippen LogP contribution in [0.1, 0.15) is 16.8 Å². The van der Waals surface area contributed by atoms with Crippen LogP contribution in [0.2, 0.25) is 0 Å². The second-order valence-corrected chi connectivity index (χ2v) is 4.32. The summed E-state index contributed by atoms with van der Waals surface area (Å²) in [5.41, 5.74) is 1.63. The summed E-state index contributed by atoms with van der Waals surface area (Å²) in [6.07, 6.45) is 5.88. The maximum absolute atomic E-state index is 12.4. The van der Waals surface area contributed by atoms with Crippen LogP contribution in [0.15, 0.2) is 61.2 Å². The molecule has 0 amide bonds. The fraction of sp³-hybridized carbons (Fsp3) is 0.235. The topological polar surface area (TPSA) is 38.3 Å². The molecule has 1 N–H and O–H groups in total. The molecule has 1 unspecified atom stereocenters. The van der Waals surface area contributed by atoms with Crippen molar-refractivity contribution >= 4 is 5.78 Å². The van der Waals surface area contributed by atoms with E-state index in [2.05, 4.69) is 18.5 Å². The largest absolute Gasteiger partial charge is 0.497 e. The lowest BCUT2D eigenvalue weighted by molar-refractivity contribution is 0.0947. The summed E-state index contributed by atoms with van der Waals surface area (Å²) in [7, 11) is 3.38. The highest BCUT2D eigenvalue weighted by Gasteiger charge is 2.18. The summed E-state index contributed by atoms with van der Waals surface area (Å²) in [4.78, 5) is 12.4. The van der Waals surface area contributed by atoms with Crippen LogP contribution in [0.25, 0.3) is 0 Å². The predicted octanol–water partition coefficient (Wildman–Crippen LogP) is 3.15. The van der Waals surface area contributed by atoms with Gasteiger partial charge in [0.25, 0.3) is 0 Å². The Kier molecular flexibility index (Phi) is 6.47. The molecule has 0 aromatic heterocycles. The van der Waals surface area contributed by atoms with Crippen LogP contribution < -0.4 is 10.1 Å². The second kappa shape index (κ2) is 8.12. The van der Waals surface area contributed by atoms with E-state index in [1.807, 2.05) is 6.08 Å². The van der Waals surface area contributed by atoms with Crippen molar-refractivity contribution in [2.75, 3.05) is 14.2 Å². The SMILES string of the molecule is C=C/C=C(\C=C)CC(NC)C(=O)c1ccc(OC)cc1. The number of likely N-dealkylation sites (N-methyl/N-ethyl adjacent to an activating group) is 1. The minimum Gasteiger partial charge on any atom is -0.497 e. The van der Waals surface area contributed by atoms with Crippen molar-refractivity contribution in [2.45, 2.75) is 12.5 Å². The third-order valence-corrected chi connectivity index (χ3v) is 3.07. The summed E-state index contributed by atoms with van der Waals surface area (Å²) in [6, 6.07) is 6.83. The molecule has 0 saturated carbocycles. The summed E-state index contributed by atoms with van der Waals surface area (Å²) < 4.78 is 5.09. The Labute approximate surface area is 120 Å². The average molecular weight is 271 g/mol. The molecular weight excluding hydrogens is 250 g/mol. The summed E-state index contributed by atoms with van der Waals surface area (Å²) >= 11 is 0. The number of ketones is 1. The van der Waals surface area contributed by atoms with Gasteiger partial charge in [-0.2, -0.15) is 0 Å². The van der Waals surface area contributed by atoms with E-state index in [1.54, 1.807) is 50.6 Å². The normalized spacial score (nSPS) is 12.6. The Morgan fingerprint density at radius 3 is 2.45 bits per heavy atom. The van der Waals surface area contributed by atoms with Gasteiger partial charge in [-0.3, -0.25) is 4.79 Å². The molecule has 0 bridgehead atoms. The molecule has 1 atom stereocenters. The van der Waals surface area contributed by atoms with Gasteiger partial charge in [0.2, 0.25) is 0 Å². The molecule has 0 aliphatic rings. The fourth-order valence-corrected chi connectivity index (χ4v) is 1.89. The Bertz CT molecular complexity index is 500. The molecule has 1 aromatic carbocycles. The molecule has 0 aliphatic carbocycles. The molecule has 106 valence electrons. The number of methoxy groups -OCH3 is 1. The first-order valence-corrected chi connectivity index (χ1v) is 6.45. The summed E-state index contributed by atoms with van der Waals surface area (Å²) in [6.45, 7) is 7.41. The number of hydrogen-bond donors (Lipinski definition) is 1. The van der Waals surface area contributed by atoms with Gasteiger partial charge in [-0.25, -0.2) is 0 Å². The highest BCUT2D eigenvalue weighted by Crippen LogP contribution is 2.16. The van der Waals surface area contributed by atoms with Crippen LogP contribution in [0.3, 0.4) is 0 Å².